The van der Waals surface area contributed by atoms with E-state index in [2.05, 4.69) is 63.8 Å². The van der Waals surface area contributed by atoms with Crippen molar-refractivity contribution >= 4 is 15.9 Å². The Morgan fingerprint density at radius 1 is 1.44 bits per heavy atom. The molecule has 0 aliphatic carbocycles. The number of aromatic nitrogens is 2. The topological polar surface area (TPSA) is 21.1 Å². The van der Waals surface area contributed by atoms with Gasteiger partial charge >= 0.3 is 0 Å². The van der Waals surface area contributed by atoms with E-state index < -0.39 is 0 Å². The fourth-order valence-electron chi connectivity index (χ4n) is 1.83. The van der Waals surface area contributed by atoms with E-state index in [1.54, 1.807) is 0 Å². The van der Waals surface area contributed by atoms with Gasteiger partial charge in [-0.25, -0.2) is 0 Å². The molecule has 0 spiro atoms. The molecule has 92 valence electrons. The maximum absolute atomic E-state index is 4.63. The fourth-order valence-corrected chi connectivity index (χ4v) is 2.43. The molecule has 0 radical (unpaired) electrons. The number of alkyl halides is 1. The molecule has 0 aliphatic heterocycles. The maximum Gasteiger partial charge on any atom is 0.0764 e. The normalized spacial score (nSPS) is 11.6. The summed E-state index contributed by atoms with van der Waals surface area (Å²) in [5, 5.41) is 5.64. The molecule has 4 heteroatoms. The van der Waals surface area contributed by atoms with Crippen molar-refractivity contribution in [1.82, 2.24) is 14.7 Å². The molecule has 16 heavy (non-hydrogen) atoms. The highest BCUT2D eigenvalue weighted by Gasteiger charge is 2.08. The van der Waals surface area contributed by atoms with Crippen molar-refractivity contribution in [2.45, 2.75) is 39.3 Å². The van der Waals surface area contributed by atoms with Gasteiger partial charge in [0.2, 0.25) is 0 Å². The molecule has 0 aliphatic rings. The first-order chi connectivity index (χ1) is 7.71. The van der Waals surface area contributed by atoms with Crippen molar-refractivity contribution in [2.75, 3.05) is 18.9 Å². The van der Waals surface area contributed by atoms with Gasteiger partial charge in [-0.2, -0.15) is 5.10 Å². The van der Waals surface area contributed by atoms with Crippen LogP contribution < -0.4 is 0 Å². The highest BCUT2D eigenvalue weighted by molar-refractivity contribution is 9.09. The third kappa shape index (κ3) is 3.91. The Morgan fingerprint density at radius 2 is 2.12 bits per heavy atom. The second kappa shape index (κ2) is 7.07. The Balaban J connectivity index is 2.57. The van der Waals surface area contributed by atoms with Crippen LogP contribution in [0.2, 0.25) is 0 Å². The van der Waals surface area contributed by atoms with Crippen LogP contribution in [0.3, 0.4) is 0 Å². The number of rotatable bonds is 7. The lowest BCUT2D eigenvalue weighted by Gasteiger charge is -2.14. The lowest BCUT2D eigenvalue weighted by Crippen LogP contribution is -2.20. The van der Waals surface area contributed by atoms with Crippen molar-refractivity contribution in [3.05, 3.63) is 18.0 Å². The molecule has 0 fully saturated rings. The summed E-state index contributed by atoms with van der Waals surface area (Å²) in [5.74, 6) is 0. The largest absolute Gasteiger partial charge is 0.300 e. The van der Waals surface area contributed by atoms with Gasteiger partial charge < -0.3 is 0 Å². The van der Waals surface area contributed by atoms with E-state index in [4.69, 9.17) is 0 Å². The first kappa shape index (κ1) is 13.7. The van der Waals surface area contributed by atoms with Crippen LogP contribution in [0.4, 0.5) is 0 Å². The van der Waals surface area contributed by atoms with Gasteiger partial charge in [-0.3, -0.25) is 9.58 Å². The predicted molar refractivity (Wildman–Crippen MR) is 72.0 cm³/mol. The summed E-state index contributed by atoms with van der Waals surface area (Å²) < 4.78 is 2.11. The number of halogens is 1. The van der Waals surface area contributed by atoms with E-state index in [9.17, 15) is 0 Å². The highest BCUT2D eigenvalue weighted by Crippen LogP contribution is 2.14. The molecule has 1 aromatic heterocycles. The van der Waals surface area contributed by atoms with Gasteiger partial charge in [0.05, 0.1) is 11.7 Å². The molecule has 1 aromatic rings. The first-order valence-electron chi connectivity index (χ1n) is 5.99. The lowest BCUT2D eigenvalue weighted by molar-refractivity contribution is 0.339. The van der Waals surface area contributed by atoms with E-state index in [-0.39, 0.29) is 0 Å². The second-order valence-corrected chi connectivity index (χ2v) is 4.98. The predicted octanol–water partition coefficient (Wildman–Crippen LogP) is 3.07. The zero-order chi connectivity index (χ0) is 12.0. The smallest absolute Gasteiger partial charge is 0.0764 e. The van der Waals surface area contributed by atoms with Crippen LogP contribution in [-0.4, -0.2) is 33.6 Å². The molecular formula is C12H22BrN3. The van der Waals surface area contributed by atoms with E-state index in [1.807, 2.05) is 0 Å². The Labute approximate surface area is 107 Å². The van der Waals surface area contributed by atoms with Crippen LogP contribution in [0.25, 0.3) is 0 Å². The summed E-state index contributed by atoms with van der Waals surface area (Å²) in [6.07, 6.45) is 4.40. The van der Waals surface area contributed by atoms with E-state index in [0.717, 1.165) is 37.0 Å². The summed E-state index contributed by atoms with van der Waals surface area (Å²) in [5.41, 5.74) is 1.16. The minimum Gasteiger partial charge on any atom is -0.300 e. The van der Waals surface area contributed by atoms with Gasteiger partial charge in [-0.15, -0.1) is 0 Å². The highest BCUT2D eigenvalue weighted by atomic mass is 79.9. The van der Waals surface area contributed by atoms with Gasteiger partial charge in [0.25, 0.3) is 0 Å². The minimum atomic E-state index is 0.551. The van der Waals surface area contributed by atoms with Crippen LogP contribution in [0, 0.1) is 0 Å². The molecule has 0 bridgehead atoms. The van der Waals surface area contributed by atoms with E-state index >= 15 is 0 Å². The van der Waals surface area contributed by atoms with Gasteiger partial charge in [0.15, 0.2) is 0 Å². The quantitative estimate of drug-likeness (QED) is 0.719. The molecule has 0 N–H and O–H groups in total. The van der Waals surface area contributed by atoms with Crippen molar-refractivity contribution in [3.8, 4) is 0 Å². The minimum absolute atomic E-state index is 0.551. The van der Waals surface area contributed by atoms with Gasteiger partial charge in [0.1, 0.15) is 0 Å². The lowest BCUT2D eigenvalue weighted by atomic mass is 10.2. The zero-order valence-corrected chi connectivity index (χ0v) is 12.1. The Hall–Kier alpha value is -0.350. The van der Waals surface area contributed by atoms with Crippen LogP contribution in [-0.2, 0) is 6.54 Å². The summed E-state index contributed by atoms with van der Waals surface area (Å²) >= 11 is 3.45. The molecule has 0 aromatic carbocycles. The monoisotopic (exact) mass is 287 g/mol. The SMILES string of the molecule is CCC(CC)n1ccc(CN(C)CCBr)n1. The Bertz CT molecular complexity index is 294. The molecule has 1 rings (SSSR count). The molecular weight excluding hydrogens is 266 g/mol. The third-order valence-electron chi connectivity index (χ3n) is 2.88. The fraction of sp³-hybridized carbons (Fsp3) is 0.750. The molecule has 0 amide bonds. The summed E-state index contributed by atoms with van der Waals surface area (Å²) in [6.45, 7) is 6.41. The molecule has 0 unspecified atom stereocenters. The van der Waals surface area contributed by atoms with Crippen LogP contribution >= 0.6 is 15.9 Å². The van der Waals surface area contributed by atoms with Crippen LogP contribution in [0.1, 0.15) is 38.4 Å². The summed E-state index contributed by atoms with van der Waals surface area (Å²) in [6, 6.07) is 2.68. The van der Waals surface area contributed by atoms with Crippen LogP contribution in [0.15, 0.2) is 12.3 Å². The second-order valence-electron chi connectivity index (χ2n) is 4.18. The first-order valence-corrected chi connectivity index (χ1v) is 7.11. The maximum atomic E-state index is 4.63. The molecule has 0 atom stereocenters. The Morgan fingerprint density at radius 3 is 2.69 bits per heavy atom. The zero-order valence-electron chi connectivity index (χ0n) is 10.5. The third-order valence-corrected chi connectivity index (χ3v) is 3.23. The number of nitrogens with zero attached hydrogens (tertiary/aromatic N) is 3. The van der Waals surface area contributed by atoms with Gasteiger partial charge in [0, 0.05) is 24.6 Å². The van der Waals surface area contributed by atoms with E-state index in [1.165, 1.54) is 0 Å². The molecule has 0 saturated carbocycles. The van der Waals surface area contributed by atoms with Crippen molar-refractivity contribution < 1.29 is 0 Å². The average molecular weight is 288 g/mol. The number of hydrogen-bond acceptors (Lipinski definition) is 2. The van der Waals surface area contributed by atoms with Gasteiger partial charge in [-0.05, 0) is 26.0 Å². The average Bonchev–Trinajstić information content (AvgIpc) is 2.68. The summed E-state index contributed by atoms with van der Waals surface area (Å²) in [7, 11) is 2.12. The van der Waals surface area contributed by atoms with Crippen LogP contribution in [0.5, 0.6) is 0 Å². The van der Waals surface area contributed by atoms with E-state index in [0.29, 0.717) is 6.04 Å². The number of hydrogen-bond donors (Lipinski definition) is 0. The van der Waals surface area contributed by atoms with Crippen molar-refractivity contribution in [3.63, 3.8) is 0 Å². The molecule has 1 heterocycles. The van der Waals surface area contributed by atoms with Crippen molar-refractivity contribution in [2.24, 2.45) is 0 Å². The standard InChI is InChI=1S/C12H22BrN3/c1-4-12(5-2)16-8-6-11(14-16)10-15(3)9-7-13/h6,8,12H,4-5,7,9-10H2,1-3H3. The van der Waals surface area contributed by atoms with Crippen molar-refractivity contribution in [1.29, 1.82) is 0 Å². The summed E-state index contributed by atoms with van der Waals surface area (Å²) in [4.78, 5) is 2.27. The molecule has 3 nitrogen and oxygen atoms in total. The Kier molecular flexibility index (Phi) is 6.06. The molecule has 0 saturated heterocycles. The van der Waals surface area contributed by atoms with Gasteiger partial charge in [-0.1, -0.05) is 29.8 Å².